The summed E-state index contributed by atoms with van der Waals surface area (Å²) >= 11 is 5.70. The van der Waals surface area contributed by atoms with Gasteiger partial charge < -0.3 is 4.74 Å². The Labute approximate surface area is 94.5 Å². The maximum atomic E-state index is 11.4. The first-order valence-electron chi connectivity index (χ1n) is 4.77. The molecule has 0 heterocycles. The quantitative estimate of drug-likeness (QED) is 0.435. The Balaban J connectivity index is 2.40. The molecule has 0 atom stereocenters. The van der Waals surface area contributed by atoms with E-state index in [4.69, 9.17) is 16.3 Å². The lowest BCUT2D eigenvalue weighted by molar-refractivity contribution is 0.0501. The highest BCUT2D eigenvalue weighted by atomic mass is 35.5. The minimum atomic E-state index is -0.310. The second kappa shape index (κ2) is 6.25. The van der Waals surface area contributed by atoms with Gasteiger partial charge in [0.05, 0.1) is 12.2 Å². The Morgan fingerprint density at radius 3 is 2.67 bits per heavy atom. The molecule has 0 aliphatic carbocycles. The van der Waals surface area contributed by atoms with Crippen LogP contribution in [0.2, 0.25) is 5.02 Å². The van der Waals surface area contributed by atoms with Crippen LogP contribution in [0.5, 0.6) is 0 Å². The molecule has 0 amide bonds. The van der Waals surface area contributed by atoms with Crippen LogP contribution >= 0.6 is 11.6 Å². The van der Waals surface area contributed by atoms with E-state index in [0.717, 1.165) is 12.8 Å². The Morgan fingerprint density at radius 1 is 1.40 bits per heavy atom. The number of ether oxygens (including phenoxy) is 1. The molecule has 15 heavy (non-hydrogen) atoms. The van der Waals surface area contributed by atoms with Gasteiger partial charge in [-0.15, -0.1) is 6.58 Å². The molecule has 80 valence electrons. The molecule has 0 aromatic heterocycles. The molecular formula is C12H13ClO2. The van der Waals surface area contributed by atoms with Gasteiger partial charge in [0.15, 0.2) is 0 Å². The minimum Gasteiger partial charge on any atom is -0.462 e. The van der Waals surface area contributed by atoms with Gasteiger partial charge in [0.2, 0.25) is 0 Å². The Morgan fingerprint density at radius 2 is 2.07 bits per heavy atom. The summed E-state index contributed by atoms with van der Waals surface area (Å²) in [4.78, 5) is 11.4. The fourth-order valence-corrected chi connectivity index (χ4v) is 1.19. The third-order valence-corrected chi connectivity index (χ3v) is 2.12. The van der Waals surface area contributed by atoms with Crippen LogP contribution in [-0.4, -0.2) is 12.6 Å². The zero-order valence-electron chi connectivity index (χ0n) is 8.41. The molecule has 0 bridgehead atoms. The number of unbranched alkanes of at least 4 members (excludes halogenated alkanes) is 1. The van der Waals surface area contributed by atoms with Crippen molar-refractivity contribution >= 4 is 17.6 Å². The third-order valence-electron chi connectivity index (χ3n) is 1.87. The Kier molecular flexibility index (Phi) is 4.91. The molecule has 0 saturated carbocycles. The van der Waals surface area contributed by atoms with E-state index >= 15 is 0 Å². The second-order valence-corrected chi connectivity index (χ2v) is 3.51. The van der Waals surface area contributed by atoms with Crippen molar-refractivity contribution in [3.8, 4) is 0 Å². The number of hydrogen-bond acceptors (Lipinski definition) is 2. The van der Waals surface area contributed by atoms with Crippen LogP contribution in [0.25, 0.3) is 0 Å². The molecule has 0 saturated heterocycles. The molecule has 1 aromatic carbocycles. The second-order valence-electron chi connectivity index (χ2n) is 3.07. The summed E-state index contributed by atoms with van der Waals surface area (Å²) in [6, 6.07) is 6.64. The number of carbonyl (C=O) groups excluding carboxylic acids is 1. The van der Waals surface area contributed by atoms with Gasteiger partial charge in [0, 0.05) is 5.02 Å². The molecule has 0 N–H and O–H groups in total. The normalized spacial score (nSPS) is 9.67. The first-order valence-corrected chi connectivity index (χ1v) is 5.15. The molecular weight excluding hydrogens is 212 g/mol. The highest BCUT2D eigenvalue weighted by Gasteiger charge is 2.05. The van der Waals surface area contributed by atoms with Crippen molar-refractivity contribution in [1.82, 2.24) is 0 Å². The molecule has 0 aliphatic heterocycles. The number of allylic oxidation sites excluding steroid dienone is 1. The van der Waals surface area contributed by atoms with Crippen molar-refractivity contribution in [2.45, 2.75) is 12.8 Å². The fraction of sp³-hybridized carbons (Fsp3) is 0.250. The van der Waals surface area contributed by atoms with Gasteiger partial charge >= 0.3 is 5.97 Å². The molecule has 1 aromatic rings. The lowest BCUT2D eigenvalue weighted by Crippen LogP contribution is -2.05. The summed E-state index contributed by atoms with van der Waals surface area (Å²) in [5, 5.41) is 0.609. The average molecular weight is 225 g/mol. The monoisotopic (exact) mass is 224 g/mol. The number of hydrogen-bond donors (Lipinski definition) is 0. The summed E-state index contributed by atoms with van der Waals surface area (Å²) < 4.78 is 5.04. The van der Waals surface area contributed by atoms with Crippen LogP contribution in [0.3, 0.4) is 0 Å². The molecule has 3 heteroatoms. The maximum absolute atomic E-state index is 11.4. The van der Waals surface area contributed by atoms with E-state index < -0.39 is 0 Å². The summed E-state index contributed by atoms with van der Waals surface area (Å²) in [7, 11) is 0. The van der Waals surface area contributed by atoms with Crippen molar-refractivity contribution in [2.24, 2.45) is 0 Å². The zero-order chi connectivity index (χ0) is 11.1. The molecule has 0 spiro atoms. The molecule has 0 fully saturated rings. The van der Waals surface area contributed by atoms with E-state index in [1.165, 1.54) is 0 Å². The van der Waals surface area contributed by atoms with Gasteiger partial charge in [0.25, 0.3) is 0 Å². The molecule has 1 rings (SSSR count). The smallest absolute Gasteiger partial charge is 0.338 e. The van der Waals surface area contributed by atoms with Crippen LogP contribution in [0, 0.1) is 0 Å². The SMILES string of the molecule is C=CCCCOC(=O)c1ccc(Cl)cc1. The largest absolute Gasteiger partial charge is 0.462 e. The van der Waals surface area contributed by atoms with E-state index in [1.807, 2.05) is 0 Å². The van der Waals surface area contributed by atoms with Crippen molar-refractivity contribution in [3.63, 3.8) is 0 Å². The van der Waals surface area contributed by atoms with E-state index in [0.29, 0.717) is 17.2 Å². The predicted octanol–water partition coefficient (Wildman–Crippen LogP) is 3.46. The lowest BCUT2D eigenvalue weighted by atomic mass is 10.2. The number of rotatable bonds is 5. The van der Waals surface area contributed by atoms with Crippen LogP contribution in [0.1, 0.15) is 23.2 Å². The Bertz CT molecular complexity index is 330. The number of carbonyl (C=O) groups is 1. The third kappa shape index (κ3) is 4.17. The van der Waals surface area contributed by atoms with Gasteiger partial charge in [-0.05, 0) is 37.1 Å². The van der Waals surface area contributed by atoms with Gasteiger partial charge in [-0.25, -0.2) is 4.79 Å². The fourth-order valence-electron chi connectivity index (χ4n) is 1.06. The van der Waals surface area contributed by atoms with E-state index in [1.54, 1.807) is 30.3 Å². The molecule has 0 aliphatic rings. The van der Waals surface area contributed by atoms with Gasteiger partial charge in [-0.2, -0.15) is 0 Å². The molecule has 0 unspecified atom stereocenters. The maximum Gasteiger partial charge on any atom is 0.338 e. The van der Waals surface area contributed by atoms with Crippen LogP contribution in [0.15, 0.2) is 36.9 Å². The number of esters is 1. The summed E-state index contributed by atoms with van der Waals surface area (Å²) in [5.74, 6) is -0.310. The van der Waals surface area contributed by atoms with Crippen molar-refractivity contribution in [1.29, 1.82) is 0 Å². The molecule has 2 nitrogen and oxygen atoms in total. The lowest BCUT2D eigenvalue weighted by Gasteiger charge is -2.03. The summed E-state index contributed by atoms with van der Waals surface area (Å²) in [6.45, 7) is 4.01. The van der Waals surface area contributed by atoms with Crippen LogP contribution in [0.4, 0.5) is 0 Å². The zero-order valence-corrected chi connectivity index (χ0v) is 9.17. The minimum absolute atomic E-state index is 0.310. The average Bonchev–Trinajstić information content (AvgIpc) is 2.25. The number of halogens is 1. The van der Waals surface area contributed by atoms with E-state index in [-0.39, 0.29) is 5.97 Å². The highest BCUT2D eigenvalue weighted by Crippen LogP contribution is 2.10. The summed E-state index contributed by atoms with van der Waals surface area (Å²) in [5.41, 5.74) is 0.526. The van der Waals surface area contributed by atoms with Gasteiger partial charge in [0.1, 0.15) is 0 Å². The van der Waals surface area contributed by atoms with Gasteiger partial charge in [-0.1, -0.05) is 17.7 Å². The topological polar surface area (TPSA) is 26.3 Å². The first kappa shape index (κ1) is 11.8. The van der Waals surface area contributed by atoms with Crippen molar-refractivity contribution in [3.05, 3.63) is 47.5 Å². The van der Waals surface area contributed by atoms with Crippen molar-refractivity contribution < 1.29 is 9.53 Å². The Hall–Kier alpha value is -1.28. The van der Waals surface area contributed by atoms with Crippen LogP contribution in [-0.2, 0) is 4.74 Å². The van der Waals surface area contributed by atoms with Gasteiger partial charge in [-0.3, -0.25) is 0 Å². The predicted molar refractivity (Wildman–Crippen MR) is 61.2 cm³/mol. The molecule has 0 radical (unpaired) electrons. The van der Waals surface area contributed by atoms with Crippen molar-refractivity contribution in [2.75, 3.05) is 6.61 Å². The number of benzene rings is 1. The summed E-state index contributed by atoms with van der Waals surface area (Å²) in [6.07, 6.45) is 3.47. The highest BCUT2D eigenvalue weighted by molar-refractivity contribution is 6.30. The first-order chi connectivity index (χ1) is 7.24. The van der Waals surface area contributed by atoms with Crippen LogP contribution < -0.4 is 0 Å². The van der Waals surface area contributed by atoms with E-state index in [2.05, 4.69) is 6.58 Å². The standard InChI is InChI=1S/C12H13ClO2/c1-2-3-4-9-15-12(14)10-5-7-11(13)8-6-10/h2,5-8H,1,3-4,9H2. The van der Waals surface area contributed by atoms with E-state index in [9.17, 15) is 4.79 Å².